The second kappa shape index (κ2) is 3.05. The fourth-order valence-electron chi connectivity index (χ4n) is 0.609. The Bertz CT molecular complexity index is 301. The van der Waals surface area contributed by atoms with E-state index < -0.39 is 3.79 Å². The van der Waals surface area contributed by atoms with Gasteiger partial charge in [-0.1, -0.05) is 34.8 Å². The third-order valence-corrected chi connectivity index (χ3v) is 1.69. The number of nitrogens with one attached hydrogen (secondary N) is 1. The van der Waals surface area contributed by atoms with Gasteiger partial charge in [0.1, 0.15) is 0 Å². The molecule has 1 aromatic heterocycles. The molecule has 1 N–H and O–H groups in total. The van der Waals surface area contributed by atoms with Crippen LogP contribution in [0.5, 0.6) is 0 Å². The summed E-state index contributed by atoms with van der Waals surface area (Å²) in [7, 11) is 0. The molecule has 0 bridgehead atoms. The van der Waals surface area contributed by atoms with Crippen molar-refractivity contribution in [2.45, 2.75) is 3.79 Å². The molecule has 60 valence electrons. The predicted molar refractivity (Wildman–Crippen MR) is 46.3 cm³/mol. The zero-order valence-corrected chi connectivity index (χ0v) is 7.54. The molecule has 0 aliphatic rings. The summed E-state index contributed by atoms with van der Waals surface area (Å²) in [6, 6.07) is 2.59. The number of alkyl halides is 3. The highest BCUT2D eigenvalue weighted by atomic mass is 35.6. The summed E-state index contributed by atoms with van der Waals surface area (Å²) >= 11 is 16.5. The van der Waals surface area contributed by atoms with Crippen molar-refractivity contribution in [3.05, 3.63) is 34.2 Å². The number of aromatic nitrogens is 1. The van der Waals surface area contributed by atoms with Crippen LogP contribution < -0.4 is 5.43 Å². The Balaban J connectivity index is 3.16. The summed E-state index contributed by atoms with van der Waals surface area (Å²) in [6.45, 7) is 0. The van der Waals surface area contributed by atoms with Crippen LogP contribution in [-0.4, -0.2) is 4.98 Å². The lowest BCUT2D eigenvalue weighted by Gasteiger charge is -2.08. The lowest BCUT2D eigenvalue weighted by Crippen LogP contribution is -2.08. The summed E-state index contributed by atoms with van der Waals surface area (Å²) in [6.07, 6.45) is 1.43. The van der Waals surface area contributed by atoms with Crippen LogP contribution in [0, 0.1) is 0 Å². The molecule has 11 heavy (non-hydrogen) atoms. The van der Waals surface area contributed by atoms with Gasteiger partial charge in [-0.15, -0.1) is 0 Å². The Morgan fingerprint density at radius 2 is 2.00 bits per heavy atom. The molecule has 0 aliphatic carbocycles. The van der Waals surface area contributed by atoms with Gasteiger partial charge in [-0.05, 0) is 0 Å². The molecular formula is C6H4Cl3NO. The Morgan fingerprint density at radius 3 is 2.36 bits per heavy atom. The van der Waals surface area contributed by atoms with E-state index in [4.69, 9.17) is 34.8 Å². The van der Waals surface area contributed by atoms with Crippen LogP contribution in [0.1, 0.15) is 5.69 Å². The van der Waals surface area contributed by atoms with E-state index in [1.807, 2.05) is 0 Å². The van der Waals surface area contributed by atoms with E-state index in [0.29, 0.717) is 0 Å². The van der Waals surface area contributed by atoms with Gasteiger partial charge in [0, 0.05) is 18.3 Å². The van der Waals surface area contributed by atoms with Crippen LogP contribution in [0.25, 0.3) is 0 Å². The van der Waals surface area contributed by atoms with Gasteiger partial charge in [-0.25, -0.2) is 0 Å². The van der Waals surface area contributed by atoms with Crippen LogP contribution >= 0.6 is 34.8 Å². The second-order valence-electron chi connectivity index (χ2n) is 1.94. The molecule has 0 aliphatic heterocycles. The lowest BCUT2D eigenvalue weighted by molar-refractivity contribution is 1.08. The monoisotopic (exact) mass is 211 g/mol. The second-order valence-corrected chi connectivity index (χ2v) is 4.22. The van der Waals surface area contributed by atoms with Gasteiger partial charge < -0.3 is 4.98 Å². The molecule has 0 aromatic carbocycles. The average molecular weight is 212 g/mol. The predicted octanol–water partition coefficient (Wildman–Crippen LogP) is 2.20. The lowest BCUT2D eigenvalue weighted by atomic mass is 10.4. The maximum Gasteiger partial charge on any atom is 0.230 e. The Morgan fingerprint density at radius 1 is 1.36 bits per heavy atom. The SMILES string of the molecule is O=c1cc[nH]c(C(Cl)(Cl)Cl)c1. The van der Waals surface area contributed by atoms with Crippen molar-refractivity contribution in [1.29, 1.82) is 0 Å². The summed E-state index contributed by atoms with van der Waals surface area (Å²) in [5.41, 5.74) is 0.0834. The van der Waals surface area contributed by atoms with Gasteiger partial charge in [-0.2, -0.15) is 0 Å². The first-order chi connectivity index (χ1) is 5.00. The number of rotatable bonds is 0. The maximum atomic E-state index is 10.7. The standard InChI is InChI=1S/C6H4Cl3NO/c7-6(8,9)5-3-4(11)1-2-10-5/h1-3H,(H,10,11). The Labute approximate surface area is 78.1 Å². The summed E-state index contributed by atoms with van der Waals surface area (Å²) < 4.78 is -1.56. The van der Waals surface area contributed by atoms with E-state index >= 15 is 0 Å². The number of H-pyrrole nitrogens is 1. The quantitative estimate of drug-likeness (QED) is 0.657. The van der Waals surface area contributed by atoms with Gasteiger partial charge in [0.05, 0.1) is 5.69 Å². The molecule has 2 nitrogen and oxygen atoms in total. The van der Waals surface area contributed by atoms with Crippen molar-refractivity contribution in [1.82, 2.24) is 4.98 Å². The van der Waals surface area contributed by atoms with Gasteiger partial charge in [0.25, 0.3) is 0 Å². The van der Waals surface area contributed by atoms with Gasteiger partial charge in [0.15, 0.2) is 5.43 Å². The minimum absolute atomic E-state index is 0.190. The van der Waals surface area contributed by atoms with Crippen molar-refractivity contribution in [2.24, 2.45) is 0 Å². The maximum absolute atomic E-state index is 10.7. The van der Waals surface area contributed by atoms with Crippen LogP contribution in [0.3, 0.4) is 0 Å². The van der Waals surface area contributed by atoms with Crippen LogP contribution in [-0.2, 0) is 3.79 Å². The zero-order valence-electron chi connectivity index (χ0n) is 5.27. The minimum Gasteiger partial charge on any atom is -0.361 e. The van der Waals surface area contributed by atoms with E-state index in [-0.39, 0.29) is 11.1 Å². The molecule has 0 saturated carbocycles. The molecule has 0 saturated heterocycles. The van der Waals surface area contributed by atoms with Crippen molar-refractivity contribution in [3.8, 4) is 0 Å². The molecule has 0 atom stereocenters. The Hall–Kier alpha value is -0.180. The summed E-state index contributed by atoms with van der Waals surface area (Å²) in [4.78, 5) is 13.4. The number of aromatic amines is 1. The number of hydrogen-bond acceptors (Lipinski definition) is 1. The van der Waals surface area contributed by atoms with Crippen LogP contribution in [0.15, 0.2) is 23.1 Å². The normalized spacial score (nSPS) is 11.5. The molecule has 0 fully saturated rings. The summed E-state index contributed by atoms with van der Waals surface area (Å²) in [5.74, 6) is 0. The third-order valence-electron chi connectivity index (χ3n) is 1.08. The van der Waals surface area contributed by atoms with Crippen LogP contribution in [0.2, 0.25) is 0 Å². The first kappa shape index (κ1) is 8.91. The van der Waals surface area contributed by atoms with E-state index in [0.717, 1.165) is 0 Å². The summed E-state index contributed by atoms with van der Waals surface area (Å²) in [5, 5.41) is 0. The van der Waals surface area contributed by atoms with Gasteiger partial charge in [-0.3, -0.25) is 4.79 Å². The number of halogens is 3. The van der Waals surface area contributed by atoms with E-state index in [1.165, 1.54) is 18.3 Å². The van der Waals surface area contributed by atoms with Crippen molar-refractivity contribution in [2.75, 3.05) is 0 Å². The highest BCUT2D eigenvalue weighted by Gasteiger charge is 2.23. The molecule has 1 aromatic rings. The van der Waals surface area contributed by atoms with Crippen molar-refractivity contribution < 1.29 is 0 Å². The molecule has 0 spiro atoms. The highest BCUT2D eigenvalue weighted by Crippen LogP contribution is 2.35. The van der Waals surface area contributed by atoms with E-state index in [9.17, 15) is 4.79 Å². The highest BCUT2D eigenvalue weighted by molar-refractivity contribution is 6.66. The number of pyridine rings is 1. The zero-order chi connectivity index (χ0) is 8.48. The Kier molecular flexibility index (Phi) is 2.47. The van der Waals surface area contributed by atoms with Crippen molar-refractivity contribution in [3.63, 3.8) is 0 Å². The molecule has 5 heteroatoms. The fraction of sp³-hybridized carbons (Fsp3) is 0.167. The van der Waals surface area contributed by atoms with E-state index in [1.54, 1.807) is 0 Å². The topological polar surface area (TPSA) is 32.9 Å². The minimum atomic E-state index is -1.56. The van der Waals surface area contributed by atoms with E-state index in [2.05, 4.69) is 4.98 Å². The van der Waals surface area contributed by atoms with Crippen molar-refractivity contribution >= 4 is 34.8 Å². The molecule has 0 unspecified atom stereocenters. The molecule has 0 amide bonds. The smallest absolute Gasteiger partial charge is 0.230 e. The first-order valence-electron chi connectivity index (χ1n) is 2.76. The average Bonchev–Trinajstić information content (AvgIpc) is 1.86. The largest absolute Gasteiger partial charge is 0.361 e. The number of hydrogen-bond donors (Lipinski definition) is 1. The fourth-order valence-corrected chi connectivity index (χ4v) is 0.937. The third kappa shape index (κ3) is 2.40. The van der Waals surface area contributed by atoms with Crippen LogP contribution in [0.4, 0.5) is 0 Å². The van der Waals surface area contributed by atoms with Gasteiger partial charge in [0.2, 0.25) is 3.79 Å². The first-order valence-corrected chi connectivity index (χ1v) is 3.89. The van der Waals surface area contributed by atoms with Gasteiger partial charge >= 0.3 is 0 Å². The molecular weight excluding hydrogens is 208 g/mol. The molecule has 1 rings (SSSR count). The molecule has 0 radical (unpaired) electrons. The molecule has 1 heterocycles.